The van der Waals surface area contributed by atoms with Crippen molar-refractivity contribution < 1.29 is 9.18 Å². The van der Waals surface area contributed by atoms with Gasteiger partial charge in [0.2, 0.25) is 0 Å². The molecule has 0 spiro atoms. The Bertz CT molecular complexity index is 461. The van der Waals surface area contributed by atoms with Gasteiger partial charge in [-0.1, -0.05) is 18.6 Å². The lowest BCUT2D eigenvalue weighted by atomic mass is 9.94. The molecule has 3 nitrogen and oxygen atoms in total. The molecule has 2 N–H and O–H groups in total. The van der Waals surface area contributed by atoms with E-state index in [9.17, 15) is 9.18 Å². The number of nitrogens with zero attached hydrogens (tertiary/aromatic N) is 1. The molecule has 2 atom stereocenters. The summed E-state index contributed by atoms with van der Waals surface area (Å²) in [5.41, 5.74) is 6.98. The zero-order valence-electron chi connectivity index (χ0n) is 10.8. The van der Waals surface area contributed by atoms with Gasteiger partial charge in [-0.05, 0) is 31.4 Å². The Kier molecular flexibility index (Phi) is 3.66. The number of carbonyl (C=O) groups excluding carboxylic acids is 1. The fourth-order valence-corrected chi connectivity index (χ4v) is 2.32. The van der Waals surface area contributed by atoms with Crippen LogP contribution in [-0.4, -0.2) is 29.9 Å². The molecule has 1 aliphatic rings. The molecule has 1 heterocycles. The highest BCUT2D eigenvalue weighted by Crippen LogP contribution is 2.19. The predicted octanol–water partition coefficient (Wildman–Crippen LogP) is 1.94. The molecule has 1 fully saturated rings. The van der Waals surface area contributed by atoms with Gasteiger partial charge in [-0.25, -0.2) is 4.39 Å². The summed E-state index contributed by atoms with van der Waals surface area (Å²) in [5.74, 6) is -0.418. The van der Waals surface area contributed by atoms with E-state index in [1.807, 2.05) is 13.8 Å². The van der Waals surface area contributed by atoms with Gasteiger partial charge in [0.25, 0.3) is 5.91 Å². The third-order valence-corrected chi connectivity index (χ3v) is 3.61. The molecule has 0 radical (unpaired) electrons. The first kappa shape index (κ1) is 13.0. The van der Waals surface area contributed by atoms with Gasteiger partial charge in [-0.15, -0.1) is 0 Å². The average molecular weight is 250 g/mol. The smallest absolute Gasteiger partial charge is 0.256 e. The average Bonchev–Trinajstić information content (AvgIpc) is 2.35. The van der Waals surface area contributed by atoms with E-state index in [-0.39, 0.29) is 23.4 Å². The number of aryl methyl sites for hydroxylation is 1. The largest absolute Gasteiger partial charge is 0.338 e. The van der Waals surface area contributed by atoms with Crippen molar-refractivity contribution in [2.45, 2.75) is 26.3 Å². The van der Waals surface area contributed by atoms with Crippen molar-refractivity contribution in [3.63, 3.8) is 0 Å². The summed E-state index contributed by atoms with van der Waals surface area (Å²) in [7, 11) is 0. The van der Waals surface area contributed by atoms with Crippen LogP contribution in [0.5, 0.6) is 0 Å². The number of likely N-dealkylation sites (tertiary alicyclic amines) is 1. The van der Waals surface area contributed by atoms with Gasteiger partial charge in [0.15, 0.2) is 0 Å². The van der Waals surface area contributed by atoms with Gasteiger partial charge in [-0.2, -0.15) is 0 Å². The second kappa shape index (κ2) is 5.06. The standard InChI is InChI=1S/C14H19FN2O/c1-9-3-4-12(15)11(7-9)14(18)17-6-5-13(16)10(2)8-17/h3-4,7,10,13H,5-6,8,16H2,1-2H3. The molecule has 2 rings (SSSR count). The lowest BCUT2D eigenvalue weighted by molar-refractivity contribution is 0.0659. The van der Waals surface area contributed by atoms with E-state index < -0.39 is 5.82 Å². The van der Waals surface area contributed by atoms with Crippen LogP contribution < -0.4 is 5.73 Å². The molecule has 1 saturated heterocycles. The first-order valence-electron chi connectivity index (χ1n) is 6.30. The first-order valence-corrected chi connectivity index (χ1v) is 6.30. The molecular weight excluding hydrogens is 231 g/mol. The van der Waals surface area contributed by atoms with E-state index >= 15 is 0 Å². The predicted molar refractivity (Wildman–Crippen MR) is 68.8 cm³/mol. The molecule has 4 heteroatoms. The van der Waals surface area contributed by atoms with Gasteiger partial charge in [0, 0.05) is 19.1 Å². The molecule has 98 valence electrons. The molecule has 0 aromatic heterocycles. The Morgan fingerprint density at radius 2 is 2.22 bits per heavy atom. The number of rotatable bonds is 1. The van der Waals surface area contributed by atoms with Crippen LogP contribution in [0.2, 0.25) is 0 Å². The van der Waals surface area contributed by atoms with Gasteiger partial charge in [-0.3, -0.25) is 4.79 Å². The SMILES string of the molecule is Cc1ccc(F)c(C(=O)N2CCC(N)C(C)C2)c1. The van der Waals surface area contributed by atoms with E-state index in [1.165, 1.54) is 6.07 Å². The molecule has 0 bridgehead atoms. The number of benzene rings is 1. The zero-order chi connectivity index (χ0) is 13.3. The maximum Gasteiger partial charge on any atom is 0.256 e. The fourth-order valence-electron chi connectivity index (χ4n) is 2.32. The van der Waals surface area contributed by atoms with Crippen molar-refractivity contribution in [2.24, 2.45) is 11.7 Å². The number of piperidine rings is 1. The zero-order valence-corrected chi connectivity index (χ0v) is 10.8. The highest BCUT2D eigenvalue weighted by molar-refractivity contribution is 5.94. The van der Waals surface area contributed by atoms with Crippen LogP contribution in [0.1, 0.15) is 29.3 Å². The Hall–Kier alpha value is -1.42. The van der Waals surface area contributed by atoms with E-state index in [0.29, 0.717) is 13.1 Å². The quantitative estimate of drug-likeness (QED) is 0.828. The lowest BCUT2D eigenvalue weighted by Crippen LogP contribution is -2.48. The molecule has 1 amide bonds. The highest BCUT2D eigenvalue weighted by Gasteiger charge is 2.28. The van der Waals surface area contributed by atoms with Gasteiger partial charge >= 0.3 is 0 Å². The molecule has 1 aliphatic heterocycles. The summed E-state index contributed by atoms with van der Waals surface area (Å²) >= 11 is 0. The Morgan fingerprint density at radius 3 is 2.89 bits per heavy atom. The van der Waals surface area contributed by atoms with Crippen LogP contribution in [0.3, 0.4) is 0 Å². The summed E-state index contributed by atoms with van der Waals surface area (Å²) in [5, 5.41) is 0. The number of nitrogens with two attached hydrogens (primary N) is 1. The van der Waals surface area contributed by atoms with Crippen LogP contribution in [0.4, 0.5) is 4.39 Å². The number of amides is 1. The van der Waals surface area contributed by atoms with Crippen LogP contribution in [-0.2, 0) is 0 Å². The molecule has 1 aromatic carbocycles. The molecule has 0 saturated carbocycles. The van der Waals surface area contributed by atoms with Crippen molar-refractivity contribution >= 4 is 5.91 Å². The summed E-state index contributed by atoms with van der Waals surface area (Å²) in [6.45, 7) is 5.09. The fraction of sp³-hybridized carbons (Fsp3) is 0.500. The number of halogens is 1. The third-order valence-electron chi connectivity index (χ3n) is 3.61. The minimum absolute atomic E-state index is 0.136. The first-order chi connectivity index (χ1) is 8.49. The summed E-state index contributed by atoms with van der Waals surface area (Å²) in [4.78, 5) is 14.0. The number of carbonyl (C=O) groups is 1. The van der Waals surface area contributed by atoms with Crippen molar-refractivity contribution in [3.8, 4) is 0 Å². The highest BCUT2D eigenvalue weighted by atomic mass is 19.1. The van der Waals surface area contributed by atoms with Crippen LogP contribution >= 0.6 is 0 Å². The molecule has 18 heavy (non-hydrogen) atoms. The van der Waals surface area contributed by atoms with Crippen LogP contribution in [0, 0.1) is 18.7 Å². The van der Waals surface area contributed by atoms with Crippen LogP contribution in [0.25, 0.3) is 0 Å². The minimum atomic E-state index is -0.451. The maximum atomic E-state index is 13.7. The number of hydrogen-bond acceptors (Lipinski definition) is 2. The Balaban J connectivity index is 2.19. The second-order valence-electron chi connectivity index (χ2n) is 5.16. The lowest BCUT2D eigenvalue weighted by Gasteiger charge is -2.35. The van der Waals surface area contributed by atoms with Crippen molar-refractivity contribution in [3.05, 3.63) is 35.1 Å². The molecule has 1 aromatic rings. The van der Waals surface area contributed by atoms with Gasteiger partial charge in [0.05, 0.1) is 5.56 Å². The molecule has 2 unspecified atom stereocenters. The second-order valence-corrected chi connectivity index (χ2v) is 5.16. The minimum Gasteiger partial charge on any atom is -0.338 e. The third kappa shape index (κ3) is 2.53. The summed E-state index contributed by atoms with van der Waals surface area (Å²) in [6.07, 6.45) is 0.778. The summed E-state index contributed by atoms with van der Waals surface area (Å²) < 4.78 is 13.7. The van der Waals surface area contributed by atoms with Crippen LogP contribution in [0.15, 0.2) is 18.2 Å². The van der Waals surface area contributed by atoms with Crippen molar-refractivity contribution in [1.29, 1.82) is 0 Å². The van der Waals surface area contributed by atoms with Gasteiger partial charge < -0.3 is 10.6 Å². The topological polar surface area (TPSA) is 46.3 Å². The molecule has 0 aliphatic carbocycles. The van der Waals surface area contributed by atoms with Gasteiger partial charge in [0.1, 0.15) is 5.82 Å². The molecular formula is C14H19FN2O. The summed E-state index contributed by atoms with van der Waals surface area (Å²) in [6, 6.07) is 4.76. The van der Waals surface area contributed by atoms with E-state index in [0.717, 1.165) is 12.0 Å². The van der Waals surface area contributed by atoms with Crippen molar-refractivity contribution in [1.82, 2.24) is 4.90 Å². The van der Waals surface area contributed by atoms with E-state index in [4.69, 9.17) is 5.73 Å². The number of hydrogen-bond donors (Lipinski definition) is 1. The van der Waals surface area contributed by atoms with Crippen molar-refractivity contribution in [2.75, 3.05) is 13.1 Å². The monoisotopic (exact) mass is 250 g/mol. The van der Waals surface area contributed by atoms with E-state index in [1.54, 1.807) is 17.0 Å². The van der Waals surface area contributed by atoms with E-state index in [2.05, 4.69) is 0 Å². The normalized spacial score (nSPS) is 24.1. The Morgan fingerprint density at radius 1 is 1.50 bits per heavy atom. The maximum absolute atomic E-state index is 13.7. The Labute approximate surface area is 107 Å².